The lowest BCUT2D eigenvalue weighted by atomic mass is 10.2. The molecular weight excluding hydrogens is 368 g/mol. The maximum absolute atomic E-state index is 12.7. The number of nitriles is 1. The summed E-state index contributed by atoms with van der Waals surface area (Å²) in [5.74, 6) is 0.302. The topological polar surface area (TPSA) is 94.5 Å². The minimum absolute atomic E-state index is 0.183. The molecule has 7 nitrogen and oxygen atoms in total. The summed E-state index contributed by atoms with van der Waals surface area (Å²) in [6.45, 7) is 4.80. The Kier molecular flexibility index (Phi) is 8.51. The number of ether oxygens (including phenoxy) is 1. The second kappa shape index (κ2) is 11.3. The Morgan fingerprint density at radius 3 is 2.69 bits per heavy atom. The Labute approximate surface area is 171 Å². The van der Waals surface area contributed by atoms with Crippen molar-refractivity contribution in [2.45, 2.75) is 33.1 Å². The molecule has 152 valence electrons. The fourth-order valence-electron chi connectivity index (χ4n) is 2.63. The van der Waals surface area contributed by atoms with Crippen molar-refractivity contribution in [2.24, 2.45) is 0 Å². The zero-order valence-corrected chi connectivity index (χ0v) is 16.8. The van der Waals surface area contributed by atoms with Gasteiger partial charge in [0.1, 0.15) is 5.75 Å². The van der Waals surface area contributed by atoms with Gasteiger partial charge >= 0.3 is 12.1 Å². The standard InChI is InChI=1S/C22H26N4O3/c1-3-4-13-24-21(27)25-18-9-6-11-20(16-18)29-22(28)26(14-7-12-23)19-10-5-8-17(2)15-19/h5-6,8-11,15-16H,3-4,7,13-14H2,1-2H3,(H2,24,25,27). The van der Waals surface area contributed by atoms with Gasteiger partial charge in [-0.25, -0.2) is 9.59 Å². The maximum atomic E-state index is 12.7. The van der Waals surface area contributed by atoms with Crippen molar-refractivity contribution in [2.75, 3.05) is 23.3 Å². The molecule has 0 saturated carbocycles. The Morgan fingerprint density at radius 2 is 1.97 bits per heavy atom. The van der Waals surface area contributed by atoms with Crippen LogP contribution in [0.1, 0.15) is 31.7 Å². The molecule has 0 aromatic heterocycles. The number of anilines is 2. The lowest BCUT2D eigenvalue weighted by Gasteiger charge is -2.21. The number of rotatable bonds is 8. The molecule has 0 aliphatic carbocycles. The van der Waals surface area contributed by atoms with Crippen LogP contribution in [0.4, 0.5) is 21.0 Å². The predicted molar refractivity (Wildman–Crippen MR) is 113 cm³/mol. The summed E-state index contributed by atoms with van der Waals surface area (Å²) in [5, 5.41) is 14.4. The minimum Gasteiger partial charge on any atom is -0.410 e. The molecule has 2 N–H and O–H groups in total. The Morgan fingerprint density at radius 1 is 1.17 bits per heavy atom. The van der Waals surface area contributed by atoms with Gasteiger partial charge in [-0.15, -0.1) is 0 Å². The summed E-state index contributed by atoms with van der Waals surface area (Å²) in [7, 11) is 0. The molecule has 2 aromatic rings. The number of nitrogens with zero attached hydrogens (tertiary/aromatic N) is 2. The highest BCUT2D eigenvalue weighted by Gasteiger charge is 2.18. The van der Waals surface area contributed by atoms with Gasteiger partial charge in [0.15, 0.2) is 0 Å². The number of carbonyl (C=O) groups is 2. The highest BCUT2D eigenvalue weighted by atomic mass is 16.6. The number of nitrogens with one attached hydrogen (secondary N) is 2. The van der Waals surface area contributed by atoms with E-state index >= 15 is 0 Å². The van der Waals surface area contributed by atoms with Crippen molar-refractivity contribution in [1.29, 1.82) is 5.26 Å². The van der Waals surface area contributed by atoms with E-state index in [0.29, 0.717) is 23.7 Å². The number of urea groups is 1. The summed E-state index contributed by atoms with van der Waals surface area (Å²) in [4.78, 5) is 26.1. The van der Waals surface area contributed by atoms with E-state index in [9.17, 15) is 9.59 Å². The molecule has 0 unspecified atom stereocenters. The zero-order valence-electron chi connectivity index (χ0n) is 16.8. The molecule has 0 bridgehead atoms. The van der Waals surface area contributed by atoms with E-state index in [0.717, 1.165) is 18.4 Å². The molecule has 2 aromatic carbocycles. The number of hydrogen-bond acceptors (Lipinski definition) is 4. The average molecular weight is 394 g/mol. The van der Waals surface area contributed by atoms with Gasteiger partial charge in [0.2, 0.25) is 0 Å². The Bertz CT molecular complexity index is 876. The first kappa shape index (κ1) is 21.8. The van der Waals surface area contributed by atoms with Gasteiger partial charge in [0.05, 0.1) is 12.5 Å². The van der Waals surface area contributed by atoms with Crippen molar-refractivity contribution in [3.8, 4) is 11.8 Å². The molecule has 0 radical (unpaired) electrons. The normalized spacial score (nSPS) is 9.97. The first-order valence-electron chi connectivity index (χ1n) is 9.61. The molecule has 0 heterocycles. The van der Waals surface area contributed by atoms with Crippen LogP contribution in [0.15, 0.2) is 48.5 Å². The quantitative estimate of drug-likeness (QED) is 0.627. The van der Waals surface area contributed by atoms with Crippen molar-refractivity contribution < 1.29 is 14.3 Å². The highest BCUT2D eigenvalue weighted by Crippen LogP contribution is 2.21. The van der Waals surface area contributed by atoms with Crippen LogP contribution in [0.3, 0.4) is 0 Å². The second-order valence-corrected chi connectivity index (χ2v) is 6.53. The van der Waals surface area contributed by atoms with E-state index in [2.05, 4.69) is 10.6 Å². The number of aryl methyl sites for hydroxylation is 1. The Hall–Kier alpha value is -3.53. The average Bonchev–Trinajstić information content (AvgIpc) is 2.69. The first-order valence-corrected chi connectivity index (χ1v) is 9.61. The van der Waals surface area contributed by atoms with Crippen LogP contribution in [0.5, 0.6) is 5.75 Å². The minimum atomic E-state index is -0.588. The van der Waals surface area contributed by atoms with Crippen LogP contribution in [0.2, 0.25) is 0 Å². The monoisotopic (exact) mass is 394 g/mol. The third-order valence-electron chi connectivity index (χ3n) is 4.09. The van der Waals surface area contributed by atoms with Gasteiger partial charge in [0, 0.05) is 30.5 Å². The molecule has 0 spiro atoms. The van der Waals surface area contributed by atoms with Crippen LogP contribution in [-0.2, 0) is 0 Å². The number of unbranched alkanes of at least 4 members (excludes halogenated alkanes) is 1. The summed E-state index contributed by atoms with van der Waals surface area (Å²) >= 11 is 0. The second-order valence-electron chi connectivity index (χ2n) is 6.53. The molecule has 0 saturated heterocycles. The molecule has 0 atom stereocenters. The maximum Gasteiger partial charge on any atom is 0.419 e. The predicted octanol–water partition coefficient (Wildman–Crippen LogP) is 4.84. The van der Waals surface area contributed by atoms with Gasteiger partial charge in [-0.3, -0.25) is 4.90 Å². The first-order chi connectivity index (χ1) is 14.0. The van der Waals surface area contributed by atoms with Crippen LogP contribution in [0.25, 0.3) is 0 Å². The van der Waals surface area contributed by atoms with Gasteiger partial charge in [0.25, 0.3) is 0 Å². The SMILES string of the molecule is CCCCNC(=O)Nc1cccc(OC(=O)N(CCC#N)c2cccc(C)c2)c1. The van der Waals surface area contributed by atoms with Crippen LogP contribution in [0, 0.1) is 18.3 Å². The summed E-state index contributed by atoms with van der Waals surface area (Å²) in [6, 6.07) is 15.8. The number of benzene rings is 2. The fourth-order valence-corrected chi connectivity index (χ4v) is 2.63. The molecule has 0 aliphatic heterocycles. The van der Waals surface area contributed by atoms with Crippen molar-refractivity contribution >= 4 is 23.5 Å². The van der Waals surface area contributed by atoms with Crippen LogP contribution in [-0.4, -0.2) is 25.2 Å². The molecular formula is C22H26N4O3. The largest absolute Gasteiger partial charge is 0.419 e. The van der Waals surface area contributed by atoms with Gasteiger partial charge < -0.3 is 15.4 Å². The number of amides is 3. The van der Waals surface area contributed by atoms with E-state index in [-0.39, 0.29) is 19.0 Å². The lowest BCUT2D eigenvalue weighted by Crippen LogP contribution is -2.34. The smallest absolute Gasteiger partial charge is 0.410 e. The molecule has 2 rings (SSSR count). The van der Waals surface area contributed by atoms with Crippen molar-refractivity contribution in [3.05, 3.63) is 54.1 Å². The third kappa shape index (κ3) is 7.18. The molecule has 0 fully saturated rings. The van der Waals surface area contributed by atoms with Gasteiger partial charge in [-0.05, 0) is 43.2 Å². The van der Waals surface area contributed by atoms with E-state index in [4.69, 9.17) is 10.00 Å². The van der Waals surface area contributed by atoms with Crippen molar-refractivity contribution in [1.82, 2.24) is 5.32 Å². The summed E-state index contributed by atoms with van der Waals surface area (Å²) in [5.41, 5.74) is 2.18. The fraction of sp³-hybridized carbons (Fsp3) is 0.318. The third-order valence-corrected chi connectivity index (χ3v) is 4.09. The van der Waals surface area contributed by atoms with Gasteiger partial charge in [-0.1, -0.05) is 31.5 Å². The van der Waals surface area contributed by atoms with E-state index in [1.807, 2.05) is 38.1 Å². The lowest BCUT2D eigenvalue weighted by molar-refractivity contribution is 0.207. The zero-order chi connectivity index (χ0) is 21.1. The van der Waals surface area contributed by atoms with E-state index in [1.54, 1.807) is 30.3 Å². The Balaban J connectivity index is 2.07. The van der Waals surface area contributed by atoms with Gasteiger partial charge in [-0.2, -0.15) is 5.26 Å². The van der Waals surface area contributed by atoms with Crippen LogP contribution >= 0.6 is 0 Å². The molecule has 3 amide bonds. The van der Waals surface area contributed by atoms with Crippen LogP contribution < -0.4 is 20.3 Å². The highest BCUT2D eigenvalue weighted by molar-refractivity contribution is 5.91. The summed E-state index contributed by atoms with van der Waals surface area (Å²) < 4.78 is 5.49. The van der Waals surface area contributed by atoms with E-state index < -0.39 is 6.09 Å². The number of carbonyl (C=O) groups excluding carboxylic acids is 2. The van der Waals surface area contributed by atoms with Crippen molar-refractivity contribution in [3.63, 3.8) is 0 Å². The number of hydrogen-bond donors (Lipinski definition) is 2. The molecule has 7 heteroatoms. The summed E-state index contributed by atoms with van der Waals surface area (Å²) in [6.07, 6.45) is 1.50. The molecule has 0 aliphatic rings. The molecule has 29 heavy (non-hydrogen) atoms. The van der Waals surface area contributed by atoms with E-state index in [1.165, 1.54) is 4.90 Å².